The average molecular weight is 391 g/mol. The maximum atomic E-state index is 12.4. The number of likely N-dealkylation sites (tertiary alicyclic amines) is 1. The molecule has 8 heteroatoms. The van der Waals surface area contributed by atoms with Gasteiger partial charge in [-0.1, -0.05) is 16.8 Å². The highest BCUT2D eigenvalue weighted by Gasteiger charge is 2.27. The van der Waals surface area contributed by atoms with Crippen molar-refractivity contribution in [2.75, 3.05) is 19.6 Å². The Morgan fingerprint density at radius 1 is 1.26 bits per heavy atom. The second-order valence-electron chi connectivity index (χ2n) is 6.57. The first kappa shape index (κ1) is 19.4. The number of aryl methyl sites for hydroxylation is 1. The predicted molar refractivity (Wildman–Crippen MR) is 101 cm³/mol. The molecular weight excluding hydrogens is 368 g/mol. The maximum Gasteiger partial charge on any atom is 0.227 e. The lowest BCUT2D eigenvalue weighted by Gasteiger charge is -2.31. The Morgan fingerprint density at radius 2 is 1.96 bits per heavy atom. The first-order valence-corrected chi connectivity index (χ1v) is 9.58. The Kier molecular flexibility index (Phi) is 6.45. The maximum absolute atomic E-state index is 12.4. The van der Waals surface area contributed by atoms with E-state index in [1.165, 1.54) is 0 Å². The van der Waals surface area contributed by atoms with E-state index in [4.69, 9.17) is 16.1 Å². The van der Waals surface area contributed by atoms with Crippen molar-refractivity contribution in [3.63, 3.8) is 0 Å². The molecule has 2 aromatic rings. The highest BCUT2D eigenvalue weighted by Crippen LogP contribution is 2.20. The quantitative estimate of drug-likeness (QED) is 0.819. The van der Waals surface area contributed by atoms with Crippen molar-refractivity contribution in [3.05, 3.63) is 35.2 Å². The normalized spacial score (nSPS) is 15.0. The van der Waals surface area contributed by atoms with Gasteiger partial charge in [0.1, 0.15) is 0 Å². The Morgan fingerprint density at radius 3 is 2.63 bits per heavy atom. The molecule has 1 aromatic carbocycles. The van der Waals surface area contributed by atoms with Crippen molar-refractivity contribution in [1.29, 1.82) is 0 Å². The molecule has 27 heavy (non-hydrogen) atoms. The molecule has 0 aliphatic carbocycles. The van der Waals surface area contributed by atoms with Gasteiger partial charge < -0.3 is 14.7 Å². The van der Waals surface area contributed by atoms with E-state index in [1.54, 1.807) is 12.1 Å². The lowest BCUT2D eigenvalue weighted by molar-refractivity contribution is -0.135. The van der Waals surface area contributed by atoms with Gasteiger partial charge in [0.2, 0.25) is 23.5 Å². The summed E-state index contributed by atoms with van der Waals surface area (Å²) in [5.41, 5.74) is 0.813. The number of carbonyl (C=O) groups excluding carboxylic acids is 2. The van der Waals surface area contributed by atoms with Crippen LogP contribution >= 0.6 is 11.6 Å². The van der Waals surface area contributed by atoms with Gasteiger partial charge in [-0.25, -0.2) is 0 Å². The van der Waals surface area contributed by atoms with E-state index in [2.05, 4.69) is 15.5 Å². The number of nitrogens with one attached hydrogen (secondary N) is 1. The molecular formula is C19H23ClN4O3. The minimum Gasteiger partial charge on any atom is -0.356 e. The zero-order chi connectivity index (χ0) is 19.2. The summed E-state index contributed by atoms with van der Waals surface area (Å²) in [4.78, 5) is 30.4. The molecule has 3 rings (SSSR count). The van der Waals surface area contributed by atoms with Crippen LogP contribution in [0.4, 0.5) is 0 Å². The van der Waals surface area contributed by atoms with Gasteiger partial charge in [0.15, 0.2) is 0 Å². The van der Waals surface area contributed by atoms with Gasteiger partial charge in [0, 0.05) is 49.0 Å². The van der Waals surface area contributed by atoms with E-state index in [1.807, 2.05) is 24.0 Å². The minimum absolute atomic E-state index is 0.00637. The summed E-state index contributed by atoms with van der Waals surface area (Å²) in [5.74, 6) is 1.06. The number of nitrogens with zero attached hydrogens (tertiary/aromatic N) is 3. The number of piperidine rings is 1. The van der Waals surface area contributed by atoms with Crippen LogP contribution in [0.15, 0.2) is 28.8 Å². The fraction of sp³-hybridized carbons (Fsp3) is 0.474. The van der Waals surface area contributed by atoms with Crippen LogP contribution in [0.2, 0.25) is 5.02 Å². The predicted octanol–water partition coefficient (Wildman–Crippen LogP) is 2.70. The second kappa shape index (κ2) is 8.99. The van der Waals surface area contributed by atoms with E-state index in [9.17, 15) is 9.59 Å². The van der Waals surface area contributed by atoms with Gasteiger partial charge in [0.25, 0.3) is 0 Å². The van der Waals surface area contributed by atoms with Crippen LogP contribution in [0.25, 0.3) is 11.4 Å². The van der Waals surface area contributed by atoms with Crippen molar-refractivity contribution in [2.45, 2.75) is 32.6 Å². The largest absolute Gasteiger partial charge is 0.356 e. The topological polar surface area (TPSA) is 88.3 Å². The summed E-state index contributed by atoms with van der Waals surface area (Å²) in [6.45, 7) is 3.77. The molecule has 1 aliphatic rings. The number of hydrogen-bond donors (Lipinski definition) is 1. The zero-order valence-electron chi connectivity index (χ0n) is 15.3. The fourth-order valence-electron chi connectivity index (χ4n) is 3.15. The van der Waals surface area contributed by atoms with Crippen LogP contribution in [-0.2, 0) is 16.0 Å². The van der Waals surface area contributed by atoms with Gasteiger partial charge in [-0.3, -0.25) is 9.59 Å². The number of aromatic nitrogens is 2. The molecule has 1 fully saturated rings. The van der Waals surface area contributed by atoms with E-state index in [0.29, 0.717) is 62.1 Å². The van der Waals surface area contributed by atoms with E-state index in [0.717, 1.165) is 5.56 Å². The average Bonchev–Trinajstić information content (AvgIpc) is 3.16. The number of carbonyl (C=O) groups is 2. The first-order valence-electron chi connectivity index (χ1n) is 9.21. The van der Waals surface area contributed by atoms with Crippen LogP contribution in [0.3, 0.4) is 0 Å². The number of amides is 2. The summed E-state index contributed by atoms with van der Waals surface area (Å²) in [6.07, 6.45) is 2.13. The van der Waals surface area contributed by atoms with Crippen molar-refractivity contribution in [3.8, 4) is 11.4 Å². The molecule has 1 saturated heterocycles. The van der Waals surface area contributed by atoms with Gasteiger partial charge in [-0.05, 0) is 44.0 Å². The SMILES string of the molecule is CCNC(=O)C1CCN(C(=O)CCc2nc(-c3ccc(Cl)cc3)no2)CC1. The summed E-state index contributed by atoms with van der Waals surface area (Å²) in [6, 6.07) is 7.17. The summed E-state index contributed by atoms with van der Waals surface area (Å²) >= 11 is 5.88. The Labute approximate surface area is 163 Å². The summed E-state index contributed by atoms with van der Waals surface area (Å²) < 4.78 is 5.24. The molecule has 0 bridgehead atoms. The van der Waals surface area contributed by atoms with E-state index < -0.39 is 0 Å². The monoisotopic (exact) mass is 390 g/mol. The number of halogens is 1. The smallest absolute Gasteiger partial charge is 0.227 e. The summed E-state index contributed by atoms with van der Waals surface area (Å²) in [7, 11) is 0. The van der Waals surface area contributed by atoms with Crippen LogP contribution in [0, 0.1) is 5.92 Å². The number of hydrogen-bond acceptors (Lipinski definition) is 5. The molecule has 1 aromatic heterocycles. The van der Waals surface area contributed by atoms with Crippen LogP contribution in [-0.4, -0.2) is 46.5 Å². The molecule has 0 atom stereocenters. The fourth-order valence-corrected chi connectivity index (χ4v) is 3.28. The van der Waals surface area contributed by atoms with Crippen molar-refractivity contribution in [1.82, 2.24) is 20.4 Å². The highest BCUT2D eigenvalue weighted by molar-refractivity contribution is 6.30. The first-order chi connectivity index (χ1) is 13.1. The molecule has 0 unspecified atom stereocenters. The van der Waals surface area contributed by atoms with Crippen LogP contribution < -0.4 is 5.32 Å². The van der Waals surface area contributed by atoms with Crippen LogP contribution in [0.1, 0.15) is 32.1 Å². The Bertz CT molecular complexity index is 783. The third-order valence-electron chi connectivity index (χ3n) is 4.69. The molecule has 0 spiro atoms. The number of benzene rings is 1. The zero-order valence-corrected chi connectivity index (χ0v) is 16.0. The third kappa shape index (κ3) is 5.07. The van der Waals surface area contributed by atoms with Crippen molar-refractivity contribution in [2.24, 2.45) is 5.92 Å². The molecule has 2 heterocycles. The highest BCUT2D eigenvalue weighted by atomic mass is 35.5. The molecule has 2 amide bonds. The summed E-state index contributed by atoms with van der Waals surface area (Å²) in [5, 5.41) is 7.44. The molecule has 144 valence electrons. The Hall–Kier alpha value is -2.41. The van der Waals surface area contributed by atoms with Gasteiger partial charge in [-0.2, -0.15) is 4.98 Å². The van der Waals surface area contributed by atoms with Gasteiger partial charge >= 0.3 is 0 Å². The van der Waals surface area contributed by atoms with E-state index >= 15 is 0 Å². The lowest BCUT2D eigenvalue weighted by atomic mass is 9.95. The second-order valence-corrected chi connectivity index (χ2v) is 7.00. The van der Waals surface area contributed by atoms with Crippen molar-refractivity contribution < 1.29 is 14.1 Å². The lowest BCUT2D eigenvalue weighted by Crippen LogP contribution is -2.43. The molecule has 7 nitrogen and oxygen atoms in total. The van der Waals surface area contributed by atoms with E-state index in [-0.39, 0.29) is 17.7 Å². The Balaban J connectivity index is 1.47. The molecule has 1 N–H and O–H groups in total. The van der Waals surface area contributed by atoms with Gasteiger partial charge in [-0.15, -0.1) is 0 Å². The molecule has 1 aliphatic heterocycles. The standard InChI is InChI=1S/C19H23ClN4O3/c1-2-21-19(26)14-9-11-24(12-10-14)17(25)8-7-16-22-18(23-27-16)13-3-5-15(20)6-4-13/h3-6,14H,2,7-12H2,1H3,(H,21,26). The van der Waals surface area contributed by atoms with Crippen LogP contribution in [0.5, 0.6) is 0 Å². The minimum atomic E-state index is 0.00637. The van der Waals surface area contributed by atoms with Crippen molar-refractivity contribution >= 4 is 23.4 Å². The van der Waals surface area contributed by atoms with Gasteiger partial charge in [0.05, 0.1) is 0 Å². The molecule has 0 radical (unpaired) electrons. The number of rotatable bonds is 6. The third-order valence-corrected chi connectivity index (χ3v) is 4.94. The molecule has 0 saturated carbocycles.